The number of carbonyl (C=O) groups excluding carboxylic acids is 2. The first-order valence-electron chi connectivity index (χ1n) is 13.2. The van der Waals surface area contributed by atoms with Crippen molar-refractivity contribution in [2.75, 3.05) is 0 Å². The molecule has 0 bridgehead atoms. The highest BCUT2D eigenvalue weighted by atomic mass is 16.6. The first kappa shape index (κ1) is 25.7. The molecule has 0 unspecified atom stereocenters. The maximum Gasteiger partial charge on any atom is 0.343 e. The highest BCUT2D eigenvalue weighted by molar-refractivity contribution is 5.93. The molecule has 4 heteroatoms. The second-order valence-corrected chi connectivity index (χ2v) is 10.1. The molecule has 4 nitrogen and oxygen atoms in total. The zero-order valence-corrected chi connectivity index (χ0v) is 21.6. The molecule has 3 aromatic rings. The molecule has 188 valence electrons. The van der Waals surface area contributed by atoms with Crippen molar-refractivity contribution in [3.8, 4) is 11.5 Å². The molecule has 0 amide bonds. The molecule has 0 N–H and O–H groups in total. The van der Waals surface area contributed by atoms with Gasteiger partial charge in [-0.1, -0.05) is 82.5 Å². The Morgan fingerprint density at radius 3 is 1.83 bits per heavy atom. The van der Waals surface area contributed by atoms with E-state index in [0.717, 1.165) is 30.4 Å². The second-order valence-electron chi connectivity index (χ2n) is 10.1. The number of ether oxygens (including phenoxy) is 2. The molecule has 4 rings (SSSR count). The van der Waals surface area contributed by atoms with E-state index >= 15 is 0 Å². The predicted molar refractivity (Wildman–Crippen MR) is 143 cm³/mol. The number of hydrogen-bond donors (Lipinski definition) is 0. The predicted octanol–water partition coefficient (Wildman–Crippen LogP) is 7.93. The van der Waals surface area contributed by atoms with Crippen molar-refractivity contribution in [1.82, 2.24) is 0 Å². The molecule has 1 saturated carbocycles. The normalized spacial score (nSPS) is 14.0. The summed E-state index contributed by atoms with van der Waals surface area (Å²) in [4.78, 5) is 26.4. The molecule has 1 fully saturated rings. The van der Waals surface area contributed by atoms with Crippen molar-refractivity contribution in [2.24, 2.45) is 5.92 Å². The minimum atomic E-state index is -0.455. The molecular formula is C32H36O4. The van der Waals surface area contributed by atoms with Crippen LogP contribution in [0.2, 0.25) is 0 Å². The van der Waals surface area contributed by atoms with Crippen molar-refractivity contribution in [3.05, 3.63) is 94.5 Å². The average molecular weight is 485 g/mol. The molecule has 0 spiro atoms. The van der Waals surface area contributed by atoms with Crippen LogP contribution in [0.25, 0.3) is 0 Å². The third-order valence-electron chi connectivity index (χ3n) is 6.90. The Hall–Kier alpha value is -3.40. The number of aryl methyl sites for hydroxylation is 1. The van der Waals surface area contributed by atoms with Crippen LogP contribution in [-0.4, -0.2) is 11.9 Å². The fourth-order valence-corrected chi connectivity index (χ4v) is 5.09. The van der Waals surface area contributed by atoms with E-state index in [4.69, 9.17) is 9.47 Å². The van der Waals surface area contributed by atoms with E-state index in [-0.39, 0.29) is 0 Å². The monoisotopic (exact) mass is 484 g/mol. The van der Waals surface area contributed by atoms with E-state index in [1.54, 1.807) is 24.3 Å². The minimum Gasteiger partial charge on any atom is -0.419 e. The van der Waals surface area contributed by atoms with Crippen LogP contribution in [0.4, 0.5) is 0 Å². The van der Waals surface area contributed by atoms with Crippen LogP contribution in [0, 0.1) is 5.92 Å². The lowest BCUT2D eigenvalue weighted by Gasteiger charge is -2.28. The summed E-state index contributed by atoms with van der Waals surface area (Å²) in [5.74, 6) is 0.633. The first-order valence-corrected chi connectivity index (χ1v) is 13.2. The Morgan fingerprint density at radius 1 is 0.806 bits per heavy atom. The van der Waals surface area contributed by atoms with Gasteiger partial charge in [-0.25, -0.2) is 9.59 Å². The molecule has 3 aromatic carbocycles. The Labute approximate surface area is 214 Å². The summed E-state index contributed by atoms with van der Waals surface area (Å²) in [7, 11) is 0. The number of rotatable bonds is 8. The summed E-state index contributed by atoms with van der Waals surface area (Å²) < 4.78 is 12.2. The van der Waals surface area contributed by atoms with Gasteiger partial charge in [-0.05, 0) is 72.9 Å². The number of hydrogen-bond acceptors (Lipinski definition) is 4. The van der Waals surface area contributed by atoms with Crippen molar-refractivity contribution in [2.45, 2.75) is 71.6 Å². The lowest BCUT2D eigenvalue weighted by Crippen LogP contribution is -2.18. The third-order valence-corrected chi connectivity index (χ3v) is 6.90. The van der Waals surface area contributed by atoms with Gasteiger partial charge < -0.3 is 9.47 Å². The number of benzene rings is 3. The van der Waals surface area contributed by atoms with E-state index in [1.165, 1.54) is 24.8 Å². The van der Waals surface area contributed by atoms with Gasteiger partial charge in [0.05, 0.1) is 11.1 Å². The van der Waals surface area contributed by atoms with E-state index in [0.29, 0.717) is 40.9 Å². The summed E-state index contributed by atoms with van der Waals surface area (Å²) >= 11 is 0. The number of esters is 2. The summed E-state index contributed by atoms with van der Waals surface area (Å²) in [6.45, 7) is 6.37. The Morgan fingerprint density at radius 2 is 1.33 bits per heavy atom. The third kappa shape index (κ3) is 6.04. The molecule has 0 aliphatic heterocycles. The lowest BCUT2D eigenvalue weighted by atomic mass is 9.79. The van der Waals surface area contributed by atoms with E-state index in [1.807, 2.05) is 43.3 Å². The molecular weight excluding hydrogens is 448 g/mol. The lowest BCUT2D eigenvalue weighted by molar-refractivity contribution is 0.0679. The SMILES string of the molecule is CCc1cc(C2CCCCC2)c(CC(C)C)c(OC(=O)c2ccccc2)c1OC(=O)c1ccccc1. The smallest absolute Gasteiger partial charge is 0.343 e. The van der Waals surface area contributed by atoms with Crippen LogP contribution in [0.1, 0.15) is 96.2 Å². The molecule has 1 aliphatic carbocycles. The van der Waals surface area contributed by atoms with E-state index in [2.05, 4.69) is 19.9 Å². The maximum absolute atomic E-state index is 13.3. The van der Waals surface area contributed by atoms with Gasteiger partial charge in [0.1, 0.15) is 0 Å². The van der Waals surface area contributed by atoms with Crippen molar-refractivity contribution in [3.63, 3.8) is 0 Å². The molecule has 1 aliphatic rings. The average Bonchev–Trinajstić information content (AvgIpc) is 2.91. The van der Waals surface area contributed by atoms with Crippen LogP contribution < -0.4 is 9.47 Å². The van der Waals surface area contributed by atoms with Crippen molar-refractivity contribution in [1.29, 1.82) is 0 Å². The van der Waals surface area contributed by atoms with Crippen LogP contribution >= 0.6 is 0 Å². The standard InChI is InChI=1S/C32H36O4/c1-4-23-21-27(24-14-8-5-9-15-24)28(20-22(2)3)30(36-32(34)26-18-12-7-13-19-26)29(23)35-31(33)25-16-10-6-11-17-25/h6-7,10-13,16-19,21-22,24H,4-5,8-9,14-15,20H2,1-3H3. The van der Waals surface area contributed by atoms with Crippen LogP contribution in [-0.2, 0) is 12.8 Å². The fraction of sp³-hybridized carbons (Fsp3) is 0.375. The van der Waals surface area contributed by atoms with Crippen molar-refractivity contribution < 1.29 is 19.1 Å². The minimum absolute atomic E-state index is 0.340. The zero-order valence-electron chi connectivity index (χ0n) is 21.6. The van der Waals surface area contributed by atoms with E-state index in [9.17, 15) is 9.59 Å². The largest absolute Gasteiger partial charge is 0.419 e. The Bertz CT molecular complexity index is 1180. The van der Waals surface area contributed by atoms with Crippen molar-refractivity contribution >= 4 is 11.9 Å². The van der Waals surface area contributed by atoms with Crippen LogP contribution in [0.5, 0.6) is 11.5 Å². The van der Waals surface area contributed by atoms with Gasteiger partial charge in [-0.2, -0.15) is 0 Å². The highest BCUT2D eigenvalue weighted by Gasteiger charge is 2.29. The van der Waals surface area contributed by atoms with Crippen LogP contribution in [0.3, 0.4) is 0 Å². The molecule has 0 atom stereocenters. The Kier molecular flexibility index (Phi) is 8.58. The first-order chi connectivity index (χ1) is 17.5. The molecule has 0 radical (unpaired) electrons. The summed E-state index contributed by atoms with van der Waals surface area (Å²) in [5, 5.41) is 0. The summed E-state index contributed by atoms with van der Waals surface area (Å²) in [6, 6.07) is 20.1. The van der Waals surface area contributed by atoms with Gasteiger partial charge in [-0.3, -0.25) is 0 Å². The summed E-state index contributed by atoms with van der Waals surface area (Å²) in [6.07, 6.45) is 7.33. The Balaban J connectivity index is 1.86. The van der Waals surface area contributed by atoms with Gasteiger partial charge in [0.25, 0.3) is 0 Å². The quantitative estimate of drug-likeness (QED) is 0.241. The van der Waals surface area contributed by atoms with Gasteiger partial charge in [0.15, 0.2) is 11.5 Å². The maximum atomic E-state index is 13.3. The topological polar surface area (TPSA) is 52.6 Å². The fourth-order valence-electron chi connectivity index (χ4n) is 5.09. The van der Waals surface area contributed by atoms with Gasteiger partial charge in [0.2, 0.25) is 0 Å². The zero-order chi connectivity index (χ0) is 25.5. The molecule has 0 heterocycles. The number of carbonyl (C=O) groups is 2. The van der Waals surface area contributed by atoms with Crippen LogP contribution in [0.15, 0.2) is 66.7 Å². The van der Waals surface area contributed by atoms with Gasteiger partial charge >= 0.3 is 11.9 Å². The summed E-state index contributed by atoms with van der Waals surface area (Å²) in [5.41, 5.74) is 4.06. The van der Waals surface area contributed by atoms with Gasteiger partial charge in [0, 0.05) is 5.56 Å². The molecule has 36 heavy (non-hydrogen) atoms. The highest BCUT2D eigenvalue weighted by Crippen LogP contribution is 2.45. The molecule has 0 saturated heterocycles. The second kappa shape index (κ2) is 12.0. The molecule has 0 aromatic heterocycles. The van der Waals surface area contributed by atoms with Gasteiger partial charge in [-0.15, -0.1) is 0 Å². The van der Waals surface area contributed by atoms with E-state index < -0.39 is 11.9 Å².